The number of sulfone groups is 1. The van der Waals surface area contributed by atoms with E-state index in [1.807, 2.05) is 0 Å². The Kier molecular flexibility index (Phi) is 4.09. The zero-order valence-corrected chi connectivity index (χ0v) is 12.4. The van der Waals surface area contributed by atoms with Crippen molar-refractivity contribution < 1.29 is 17.6 Å². The molecule has 6 heteroatoms. The normalized spacial score (nSPS) is 11.2. The average molecular weight is 307 g/mol. The van der Waals surface area contributed by atoms with Crippen LogP contribution in [-0.4, -0.2) is 20.6 Å². The van der Waals surface area contributed by atoms with Crippen LogP contribution in [0.5, 0.6) is 0 Å². The number of aryl methyl sites for hydroxylation is 1. The summed E-state index contributed by atoms with van der Waals surface area (Å²) in [7, 11) is -3.31. The quantitative estimate of drug-likeness (QED) is 0.948. The van der Waals surface area contributed by atoms with Gasteiger partial charge in [0.25, 0.3) is 5.91 Å². The molecule has 0 aliphatic heterocycles. The lowest BCUT2D eigenvalue weighted by molar-refractivity contribution is 0.102. The molecule has 0 saturated carbocycles. The zero-order valence-electron chi connectivity index (χ0n) is 11.6. The molecular formula is C15H14FNO3S. The Morgan fingerprint density at radius 1 is 1.10 bits per heavy atom. The van der Waals surface area contributed by atoms with E-state index in [2.05, 4.69) is 5.32 Å². The highest BCUT2D eigenvalue weighted by molar-refractivity contribution is 7.90. The summed E-state index contributed by atoms with van der Waals surface area (Å²) in [5, 5.41) is 2.46. The molecule has 0 bridgehead atoms. The smallest absolute Gasteiger partial charge is 0.255 e. The summed E-state index contributed by atoms with van der Waals surface area (Å²) < 4.78 is 36.2. The minimum atomic E-state index is -3.31. The van der Waals surface area contributed by atoms with Crippen molar-refractivity contribution in [3.05, 3.63) is 59.4 Å². The van der Waals surface area contributed by atoms with E-state index < -0.39 is 21.6 Å². The van der Waals surface area contributed by atoms with Crippen LogP contribution in [0.3, 0.4) is 0 Å². The molecule has 0 heterocycles. The maximum Gasteiger partial charge on any atom is 0.255 e. The van der Waals surface area contributed by atoms with Gasteiger partial charge in [0.1, 0.15) is 5.82 Å². The third kappa shape index (κ3) is 3.66. The van der Waals surface area contributed by atoms with E-state index in [-0.39, 0.29) is 16.1 Å². The molecule has 0 aliphatic carbocycles. The molecule has 0 radical (unpaired) electrons. The Balaban J connectivity index is 2.23. The Labute approximate surface area is 122 Å². The summed E-state index contributed by atoms with van der Waals surface area (Å²) in [5.74, 6) is -1.03. The number of hydrogen-bond acceptors (Lipinski definition) is 3. The molecular weight excluding hydrogens is 293 g/mol. The molecule has 4 nitrogen and oxygen atoms in total. The van der Waals surface area contributed by atoms with Gasteiger partial charge >= 0.3 is 0 Å². The van der Waals surface area contributed by atoms with E-state index in [0.717, 1.165) is 11.8 Å². The molecule has 1 amide bonds. The van der Waals surface area contributed by atoms with Crippen molar-refractivity contribution in [2.45, 2.75) is 11.8 Å². The number of anilines is 1. The van der Waals surface area contributed by atoms with E-state index in [1.165, 1.54) is 36.4 Å². The molecule has 110 valence electrons. The van der Waals surface area contributed by atoms with E-state index in [0.29, 0.717) is 0 Å². The van der Waals surface area contributed by atoms with Gasteiger partial charge in [-0.25, -0.2) is 12.8 Å². The number of carbonyl (C=O) groups excluding carboxylic acids is 1. The highest BCUT2D eigenvalue weighted by Crippen LogP contribution is 2.17. The van der Waals surface area contributed by atoms with Crippen LogP contribution in [0.1, 0.15) is 15.9 Å². The van der Waals surface area contributed by atoms with Crippen LogP contribution in [0.4, 0.5) is 10.1 Å². The Bertz CT molecular complexity index is 783. The second-order valence-electron chi connectivity index (χ2n) is 4.73. The summed E-state index contributed by atoms with van der Waals surface area (Å²) >= 11 is 0. The lowest BCUT2D eigenvalue weighted by Gasteiger charge is -2.08. The standard InChI is InChI=1S/C15H14FNO3S/c1-10-3-8-13(16)14(9-10)17-15(18)11-4-6-12(7-5-11)21(2,19)20/h3-9H,1-2H3,(H,17,18). The second kappa shape index (κ2) is 5.65. The van der Waals surface area contributed by atoms with Gasteiger partial charge in [0, 0.05) is 11.8 Å². The first kappa shape index (κ1) is 15.2. The first-order valence-corrected chi connectivity index (χ1v) is 8.04. The molecule has 0 unspecified atom stereocenters. The van der Waals surface area contributed by atoms with Crippen LogP contribution in [-0.2, 0) is 9.84 Å². The molecule has 0 saturated heterocycles. The van der Waals surface area contributed by atoms with E-state index >= 15 is 0 Å². The van der Waals surface area contributed by atoms with Gasteiger partial charge in [-0.1, -0.05) is 6.07 Å². The van der Waals surface area contributed by atoms with E-state index in [4.69, 9.17) is 0 Å². The highest BCUT2D eigenvalue weighted by Gasteiger charge is 2.11. The number of nitrogens with one attached hydrogen (secondary N) is 1. The maximum absolute atomic E-state index is 13.6. The van der Waals surface area contributed by atoms with Gasteiger partial charge < -0.3 is 5.32 Å². The fourth-order valence-corrected chi connectivity index (χ4v) is 2.41. The molecule has 0 aliphatic rings. The molecule has 0 spiro atoms. The van der Waals surface area contributed by atoms with E-state index in [9.17, 15) is 17.6 Å². The summed E-state index contributed by atoms with van der Waals surface area (Å²) in [5.41, 5.74) is 1.16. The number of rotatable bonds is 3. The summed E-state index contributed by atoms with van der Waals surface area (Å²) in [6, 6.07) is 9.87. The number of carbonyl (C=O) groups is 1. The Morgan fingerprint density at radius 2 is 1.71 bits per heavy atom. The molecule has 2 aromatic rings. The molecule has 0 fully saturated rings. The van der Waals surface area contributed by atoms with Crippen LogP contribution in [0.2, 0.25) is 0 Å². The van der Waals surface area contributed by atoms with Crippen LogP contribution >= 0.6 is 0 Å². The number of halogens is 1. The third-order valence-corrected chi connectivity index (χ3v) is 4.04. The SMILES string of the molecule is Cc1ccc(F)c(NC(=O)c2ccc(S(C)(=O)=O)cc2)c1. The van der Waals surface area contributed by atoms with E-state index in [1.54, 1.807) is 13.0 Å². The lowest BCUT2D eigenvalue weighted by Crippen LogP contribution is -2.13. The summed E-state index contributed by atoms with van der Waals surface area (Å²) in [6.45, 7) is 1.79. The predicted molar refractivity (Wildman–Crippen MR) is 78.6 cm³/mol. The van der Waals surface area contributed by atoms with Crippen LogP contribution in [0.15, 0.2) is 47.4 Å². The van der Waals surface area contributed by atoms with Crippen molar-refractivity contribution >= 4 is 21.4 Å². The fourth-order valence-electron chi connectivity index (χ4n) is 1.78. The Morgan fingerprint density at radius 3 is 2.29 bits per heavy atom. The minimum Gasteiger partial charge on any atom is -0.319 e. The fraction of sp³-hybridized carbons (Fsp3) is 0.133. The topological polar surface area (TPSA) is 63.2 Å². The maximum atomic E-state index is 13.6. The largest absolute Gasteiger partial charge is 0.319 e. The minimum absolute atomic E-state index is 0.0900. The van der Waals surface area contributed by atoms with Crippen LogP contribution in [0, 0.1) is 12.7 Å². The molecule has 1 N–H and O–H groups in total. The molecule has 0 atom stereocenters. The third-order valence-electron chi connectivity index (χ3n) is 2.91. The number of benzene rings is 2. The van der Waals surface area contributed by atoms with Crippen molar-refractivity contribution in [3.63, 3.8) is 0 Å². The summed E-state index contributed by atoms with van der Waals surface area (Å²) in [4.78, 5) is 12.1. The van der Waals surface area contributed by atoms with Gasteiger partial charge in [-0.15, -0.1) is 0 Å². The molecule has 2 aromatic carbocycles. The van der Waals surface area contributed by atoms with Crippen molar-refractivity contribution in [2.75, 3.05) is 11.6 Å². The van der Waals surface area contributed by atoms with Gasteiger partial charge in [-0.05, 0) is 48.9 Å². The van der Waals surface area contributed by atoms with Crippen molar-refractivity contribution in [1.82, 2.24) is 0 Å². The molecule has 0 aromatic heterocycles. The van der Waals surface area contributed by atoms with Crippen LogP contribution < -0.4 is 5.32 Å². The highest BCUT2D eigenvalue weighted by atomic mass is 32.2. The van der Waals surface area contributed by atoms with Crippen molar-refractivity contribution in [2.24, 2.45) is 0 Å². The number of amides is 1. The van der Waals surface area contributed by atoms with Gasteiger partial charge in [0.2, 0.25) is 0 Å². The number of hydrogen-bond donors (Lipinski definition) is 1. The van der Waals surface area contributed by atoms with Crippen LogP contribution in [0.25, 0.3) is 0 Å². The monoisotopic (exact) mass is 307 g/mol. The first-order valence-electron chi connectivity index (χ1n) is 6.15. The Hall–Kier alpha value is -2.21. The lowest BCUT2D eigenvalue weighted by atomic mass is 10.2. The predicted octanol–water partition coefficient (Wildman–Crippen LogP) is 2.79. The van der Waals surface area contributed by atoms with Crippen molar-refractivity contribution in [1.29, 1.82) is 0 Å². The second-order valence-corrected chi connectivity index (χ2v) is 6.75. The van der Waals surface area contributed by atoms with Gasteiger partial charge in [0.15, 0.2) is 9.84 Å². The van der Waals surface area contributed by atoms with Gasteiger partial charge in [0.05, 0.1) is 10.6 Å². The van der Waals surface area contributed by atoms with Crippen molar-refractivity contribution in [3.8, 4) is 0 Å². The summed E-state index contributed by atoms with van der Waals surface area (Å²) in [6.07, 6.45) is 1.09. The first-order chi connectivity index (χ1) is 9.77. The van der Waals surface area contributed by atoms with Gasteiger partial charge in [-0.3, -0.25) is 4.79 Å². The zero-order chi connectivity index (χ0) is 15.6. The molecule has 2 rings (SSSR count). The average Bonchev–Trinajstić information content (AvgIpc) is 2.42. The van der Waals surface area contributed by atoms with Gasteiger partial charge in [-0.2, -0.15) is 0 Å². The molecule has 21 heavy (non-hydrogen) atoms.